The molecule has 0 saturated carbocycles. The van der Waals surface area contributed by atoms with Crippen LogP contribution in [0.25, 0.3) is 0 Å². The van der Waals surface area contributed by atoms with Crippen molar-refractivity contribution in [3.8, 4) is 11.8 Å². The number of amides is 1. The average Bonchev–Trinajstić information content (AvgIpc) is 2.27. The summed E-state index contributed by atoms with van der Waals surface area (Å²) < 4.78 is 0. The minimum absolute atomic E-state index is 0.0914. The first kappa shape index (κ1) is 13.5. The minimum atomic E-state index is -0.538. The third kappa shape index (κ3) is 4.14. The topological polar surface area (TPSA) is 98.3 Å². The number of anilines is 1. The van der Waals surface area contributed by atoms with E-state index >= 15 is 0 Å². The second kappa shape index (κ2) is 6.25. The van der Waals surface area contributed by atoms with Crippen LogP contribution in [0.1, 0.15) is 18.9 Å². The molecule has 0 radical (unpaired) electrons. The smallest absolute Gasteiger partial charge is 0.292 e. The Morgan fingerprint density at radius 3 is 2.83 bits per heavy atom. The van der Waals surface area contributed by atoms with Gasteiger partial charge in [0.1, 0.15) is 5.69 Å². The lowest BCUT2D eigenvalue weighted by Crippen LogP contribution is -2.20. The van der Waals surface area contributed by atoms with Crippen LogP contribution in [0.2, 0.25) is 0 Å². The van der Waals surface area contributed by atoms with Crippen LogP contribution < -0.4 is 11.1 Å². The molecule has 1 aromatic rings. The molecule has 0 fully saturated rings. The van der Waals surface area contributed by atoms with Gasteiger partial charge in [-0.25, -0.2) is 0 Å². The van der Waals surface area contributed by atoms with Crippen molar-refractivity contribution in [2.45, 2.75) is 13.3 Å². The molecule has 6 nitrogen and oxygen atoms in total. The van der Waals surface area contributed by atoms with Gasteiger partial charge in [0, 0.05) is 31.5 Å². The van der Waals surface area contributed by atoms with Crippen LogP contribution in [0.15, 0.2) is 18.2 Å². The van der Waals surface area contributed by atoms with Gasteiger partial charge in [0.25, 0.3) is 5.69 Å². The predicted octanol–water partition coefficient (Wildman–Crippen LogP) is 1.05. The number of nitro benzene ring substituents is 1. The molecule has 1 rings (SSSR count). The van der Waals surface area contributed by atoms with E-state index in [-0.39, 0.29) is 17.3 Å². The monoisotopic (exact) mass is 247 g/mol. The van der Waals surface area contributed by atoms with Crippen molar-refractivity contribution in [1.82, 2.24) is 5.32 Å². The highest BCUT2D eigenvalue weighted by Gasteiger charge is 2.09. The average molecular weight is 247 g/mol. The van der Waals surface area contributed by atoms with Crippen molar-refractivity contribution >= 4 is 17.3 Å². The Bertz CT molecular complexity index is 529. The Kier molecular flexibility index (Phi) is 4.69. The van der Waals surface area contributed by atoms with Crippen LogP contribution in [0, 0.1) is 22.0 Å². The summed E-state index contributed by atoms with van der Waals surface area (Å²) in [6, 6.07) is 4.33. The highest BCUT2D eigenvalue weighted by atomic mass is 16.6. The number of nitro groups is 1. The first-order valence-electron chi connectivity index (χ1n) is 5.28. The van der Waals surface area contributed by atoms with Gasteiger partial charge < -0.3 is 11.1 Å². The van der Waals surface area contributed by atoms with Crippen molar-refractivity contribution in [2.75, 3.05) is 12.3 Å². The minimum Gasteiger partial charge on any atom is -0.393 e. The molecule has 0 aromatic heterocycles. The second-order valence-electron chi connectivity index (χ2n) is 3.57. The summed E-state index contributed by atoms with van der Waals surface area (Å²) in [4.78, 5) is 20.6. The summed E-state index contributed by atoms with van der Waals surface area (Å²) >= 11 is 0. The molecule has 0 bridgehead atoms. The molecule has 0 spiro atoms. The lowest BCUT2D eigenvalue weighted by atomic mass is 10.2. The predicted molar refractivity (Wildman–Crippen MR) is 67.7 cm³/mol. The van der Waals surface area contributed by atoms with Crippen LogP contribution in [0.3, 0.4) is 0 Å². The van der Waals surface area contributed by atoms with Crippen molar-refractivity contribution in [3.63, 3.8) is 0 Å². The van der Waals surface area contributed by atoms with Gasteiger partial charge in [-0.2, -0.15) is 0 Å². The van der Waals surface area contributed by atoms with Gasteiger partial charge in [-0.1, -0.05) is 11.8 Å². The summed E-state index contributed by atoms with van der Waals surface area (Å²) in [6.45, 7) is 1.91. The number of hydrogen-bond acceptors (Lipinski definition) is 4. The van der Waals surface area contributed by atoms with E-state index in [4.69, 9.17) is 5.73 Å². The van der Waals surface area contributed by atoms with E-state index in [1.54, 1.807) is 6.07 Å². The van der Waals surface area contributed by atoms with E-state index in [1.165, 1.54) is 19.1 Å². The molecule has 94 valence electrons. The number of nitrogens with zero attached hydrogens (tertiary/aromatic N) is 1. The molecule has 18 heavy (non-hydrogen) atoms. The number of hydrogen-bond donors (Lipinski definition) is 2. The maximum atomic E-state index is 10.6. The number of rotatable bonds is 3. The summed E-state index contributed by atoms with van der Waals surface area (Å²) in [6.07, 6.45) is 0.510. The second-order valence-corrected chi connectivity index (χ2v) is 3.57. The highest BCUT2D eigenvalue weighted by Crippen LogP contribution is 2.21. The van der Waals surface area contributed by atoms with Crippen LogP contribution in [0.4, 0.5) is 11.4 Å². The third-order valence-electron chi connectivity index (χ3n) is 2.08. The van der Waals surface area contributed by atoms with Gasteiger partial charge in [-0.15, -0.1) is 0 Å². The van der Waals surface area contributed by atoms with E-state index in [2.05, 4.69) is 17.2 Å². The van der Waals surface area contributed by atoms with Crippen LogP contribution in [0.5, 0.6) is 0 Å². The largest absolute Gasteiger partial charge is 0.393 e. The molecule has 3 N–H and O–H groups in total. The summed E-state index contributed by atoms with van der Waals surface area (Å²) in [5.74, 6) is 5.56. The van der Waals surface area contributed by atoms with E-state index in [0.29, 0.717) is 18.5 Å². The Morgan fingerprint density at radius 1 is 1.56 bits per heavy atom. The molecule has 0 heterocycles. The van der Waals surface area contributed by atoms with Crippen molar-refractivity contribution in [1.29, 1.82) is 0 Å². The SMILES string of the molecule is CC(=O)NCCC#Cc1ccc([N+](=O)[O-])c(N)c1. The fourth-order valence-electron chi connectivity index (χ4n) is 1.26. The standard InChI is InChI=1S/C12H13N3O3/c1-9(16)14-7-3-2-4-10-5-6-12(15(17)18)11(13)8-10/h5-6,8H,3,7,13H2,1H3,(H,14,16). The van der Waals surface area contributed by atoms with Gasteiger partial charge in [-0.3, -0.25) is 14.9 Å². The first-order chi connectivity index (χ1) is 8.50. The zero-order chi connectivity index (χ0) is 13.5. The van der Waals surface area contributed by atoms with E-state index in [1.807, 2.05) is 0 Å². The van der Waals surface area contributed by atoms with Gasteiger partial charge >= 0.3 is 0 Å². The van der Waals surface area contributed by atoms with Gasteiger partial charge in [0.05, 0.1) is 4.92 Å². The number of nitrogens with one attached hydrogen (secondary N) is 1. The van der Waals surface area contributed by atoms with Gasteiger partial charge in [0.2, 0.25) is 5.91 Å². The zero-order valence-electron chi connectivity index (χ0n) is 9.90. The van der Waals surface area contributed by atoms with Crippen molar-refractivity contribution in [2.24, 2.45) is 0 Å². The summed E-state index contributed by atoms with van der Waals surface area (Å²) in [5.41, 5.74) is 6.10. The molecule has 0 unspecified atom stereocenters. The first-order valence-corrected chi connectivity index (χ1v) is 5.28. The number of nitrogens with two attached hydrogens (primary N) is 1. The number of nitrogen functional groups attached to an aromatic ring is 1. The molecule has 0 aliphatic carbocycles. The molecule has 0 saturated heterocycles. The van der Waals surface area contributed by atoms with E-state index in [9.17, 15) is 14.9 Å². The molecule has 1 amide bonds. The molecule has 6 heteroatoms. The Hall–Kier alpha value is -2.55. The molecular weight excluding hydrogens is 234 g/mol. The summed E-state index contributed by atoms with van der Waals surface area (Å²) in [5, 5.41) is 13.2. The molecular formula is C12H13N3O3. The fourth-order valence-corrected chi connectivity index (χ4v) is 1.26. The van der Waals surface area contributed by atoms with Crippen LogP contribution in [-0.2, 0) is 4.79 Å². The van der Waals surface area contributed by atoms with Crippen molar-refractivity contribution in [3.05, 3.63) is 33.9 Å². The molecule has 0 aliphatic heterocycles. The van der Waals surface area contributed by atoms with Gasteiger partial charge in [-0.05, 0) is 12.1 Å². The normalized spacial score (nSPS) is 9.17. The molecule has 1 aromatic carbocycles. The lowest BCUT2D eigenvalue weighted by Gasteiger charge is -1.97. The van der Waals surface area contributed by atoms with E-state index < -0.39 is 4.92 Å². The molecule has 0 atom stereocenters. The number of carbonyl (C=O) groups excluding carboxylic acids is 1. The Labute approximate surface area is 104 Å². The quantitative estimate of drug-likeness (QED) is 0.274. The number of benzene rings is 1. The third-order valence-corrected chi connectivity index (χ3v) is 2.08. The van der Waals surface area contributed by atoms with Crippen molar-refractivity contribution < 1.29 is 9.72 Å². The summed E-state index contributed by atoms with van der Waals surface area (Å²) in [7, 11) is 0. The van der Waals surface area contributed by atoms with Gasteiger partial charge in [0.15, 0.2) is 0 Å². The van der Waals surface area contributed by atoms with Crippen LogP contribution >= 0.6 is 0 Å². The molecule has 0 aliphatic rings. The fraction of sp³-hybridized carbons (Fsp3) is 0.250. The zero-order valence-corrected chi connectivity index (χ0v) is 9.90. The number of carbonyl (C=O) groups is 1. The maximum Gasteiger partial charge on any atom is 0.292 e. The van der Waals surface area contributed by atoms with E-state index in [0.717, 1.165) is 0 Å². The van der Waals surface area contributed by atoms with Crippen LogP contribution in [-0.4, -0.2) is 17.4 Å². The maximum absolute atomic E-state index is 10.6. The lowest BCUT2D eigenvalue weighted by molar-refractivity contribution is -0.383. The Morgan fingerprint density at radius 2 is 2.28 bits per heavy atom. The highest BCUT2D eigenvalue weighted by molar-refractivity contribution is 5.72. The Balaban J connectivity index is 2.64.